The molecule has 0 bridgehead atoms. The van der Waals surface area contributed by atoms with Crippen molar-refractivity contribution in [3.8, 4) is 5.75 Å². The van der Waals surface area contributed by atoms with Crippen LogP contribution in [0.1, 0.15) is 18.5 Å². The van der Waals surface area contributed by atoms with Gasteiger partial charge in [0, 0.05) is 11.3 Å². The van der Waals surface area contributed by atoms with Gasteiger partial charge >= 0.3 is 11.9 Å². The minimum Gasteiger partial charge on any atom is -0.619 e. The van der Waals surface area contributed by atoms with E-state index in [1.54, 1.807) is 13.0 Å². The van der Waals surface area contributed by atoms with Gasteiger partial charge in [0.1, 0.15) is 11.8 Å². The highest BCUT2D eigenvalue weighted by Gasteiger charge is 2.65. The molecule has 4 atom stereocenters. The van der Waals surface area contributed by atoms with Gasteiger partial charge in [0.25, 0.3) is 0 Å². The Labute approximate surface area is 164 Å². The van der Waals surface area contributed by atoms with Crippen LogP contribution in [0, 0.1) is 5.21 Å². The van der Waals surface area contributed by atoms with Gasteiger partial charge in [-0.25, -0.2) is 14.2 Å². The molecule has 1 saturated heterocycles. The second-order valence-corrected chi connectivity index (χ2v) is 7.54. The zero-order valence-corrected chi connectivity index (χ0v) is 15.7. The van der Waals surface area contributed by atoms with E-state index in [1.165, 1.54) is 30.3 Å². The summed E-state index contributed by atoms with van der Waals surface area (Å²) in [6, 6.07) is 3.46. The molecule has 5 N–H and O–H groups in total. The monoisotopic (exact) mass is 405 g/mol. The highest BCUT2D eigenvalue weighted by atomic mass is 32.2. The van der Waals surface area contributed by atoms with Crippen LogP contribution in [0.25, 0.3) is 0 Å². The van der Waals surface area contributed by atoms with E-state index in [1.807, 2.05) is 0 Å². The van der Waals surface area contributed by atoms with Crippen LogP contribution >= 0.6 is 11.8 Å². The number of allylic oxidation sites excluding steroid dienone is 2. The Kier molecular flexibility index (Phi) is 5.31. The molecule has 148 valence electrons. The number of carboxylic acids is 1. The van der Waals surface area contributed by atoms with Crippen LogP contribution in [-0.4, -0.2) is 49.8 Å². The van der Waals surface area contributed by atoms with Crippen molar-refractivity contribution in [3.05, 3.63) is 58.5 Å². The number of nitrogens with two attached hydrogens (primary N) is 1. The zero-order valence-electron chi connectivity index (χ0n) is 14.9. The van der Waals surface area contributed by atoms with Crippen LogP contribution in [0.15, 0.2) is 47.7 Å². The minimum absolute atomic E-state index is 0.0162. The first-order chi connectivity index (χ1) is 13.2. The highest BCUT2D eigenvalue weighted by Crippen LogP contribution is 2.47. The number of β-lactam (4-membered cyclic amide) rings is 1. The summed E-state index contributed by atoms with van der Waals surface area (Å²) >= 11 is 1.12. The Morgan fingerprint density at radius 2 is 2.04 bits per heavy atom. The van der Waals surface area contributed by atoms with E-state index in [2.05, 4.69) is 5.32 Å². The van der Waals surface area contributed by atoms with Gasteiger partial charge in [-0.1, -0.05) is 36.0 Å². The smallest absolute Gasteiger partial charge is 0.391 e. The quantitative estimate of drug-likeness (QED) is 0.318. The average Bonchev–Trinajstić information content (AvgIpc) is 2.66. The summed E-state index contributed by atoms with van der Waals surface area (Å²) in [5.74, 6) is -2.81. The molecule has 2 aliphatic heterocycles. The van der Waals surface area contributed by atoms with Crippen molar-refractivity contribution >= 4 is 29.5 Å². The third kappa shape index (κ3) is 3.10. The maximum absolute atomic E-state index is 13.1. The second-order valence-electron chi connectivity index (χ2n) is 6.43. The molecule has 3 rings (SSSR count). The fraction of sp³-hybridized carbons (Fsp3) is 0.278. The van der Waals surface area contributed by atoms with Gasteiger partial charge in [0.15, 0.2) is 5.37 Å². The summed E-state index contributed by atoms with van der Waals surface area (Å²) in [5, 5.41) is 33.3. The fourth-order valence-corrected chi connectivity index (χ4v) is 4.67. The molecule has 0 aliphatic carbocycles. The first kappa shape index (κ1) is 20.1. The standard InChI is InChI=1S/C18H19N3O6S/c1-2-3-10-8-28-17-13(16(24)21(17,27)14(10)18(25)26)20-15(23)12(19)9-4-6-11(22)7-5-9/h2-7,12-13,17,22H,8,19H2,1H3,(H,20,23)(H,25,26)/b3-2+/t12-,13-,17-,21?/m1/s1. The maximum Gasteiger partial charge on any atom is 0.391 e. The van der Waals surface area contributed by atoms with Crippen LogP contribution in [0.3, 0.4) is 0 Å². The molecule has 1 aromatic rings. The molecular weight excluding hydrogens is 386 g/mol. The van der Waals surface area contributed by atoms with E-state index in [0.29, 0.717) is 5.56 Å². The topological polar surface area (TPSA) is 153 Å². The predicted molar refractivity (Wildman–Crippen MR) is 101 cm³/mol. The number of hydrogen-bond acceptors (Lipinski definition) is 7. The number of rotatable bonds is 5. The number of carbonyl (C=O) groups is 3. The number of aliphatic carboxylic acids is 1. The summed E-state index contributed by atoms with van der Waals surface area (Å²) in [7, 11) is 0. The average molecular weight is 405 g/mol. The first-order valence-corrected chi connectivity index (χ1v) is 9.47. The van der Waals surface area contributed by atoms with E-state index in [4.69, 9.17) is 5.73 Å². The van der Waals surface area contributed by atoms with Crippen LogP contribution in [0.5, 0.6) is 5.75 Å². The van der Waals surface area contributed by atoms with Crippen molar-refractivity contribution in [1.29, 1.82) is 0 Å². The molecule has 1 aromatic carbocycles. The highest BCUT2D eigenvalue weighted by molar-refractivity contribution is 8.00. The Morgan fingerprint density at radius 3 is 2.61 bits per heavy atom. The number of phenols is 1. The van der Waals surface area contributed by atoms with Gasteiger partial charge in [0.2, 0.25) is 17.6 Å². The molecule has 0 radical (unpaired) electrons. The van der Waals surface area contributed by atoms with E-state index >= 15 is 0 Å². The molecule has 0 aromatic heterocycles. The molecule has 0 saturated carbocycles. The van der Waals surface area contributed by atoms with Gasteiger partial charge in [-0.15, -0.1) is 0 Å². The number of quaternary nitrogens is 1. The Hall–Kier alpha value is -2.66. The van der Waals surface area contributed by atoms with Gasteiger partial charge < -0.3 is 26.5 Å². The summed E-state index contributed by atoms with van der Waals surface area (Å²) < 4.78 is -1.61. The SMILES string of the molecule is C/C=C/C1=C(C(=O)O)[N+]2([O-])C(=O)[C@@H](NC(=O)[C@H](N)c3ccc(O)cc3)[C@H]2SC1. The van der Waals surface area contributed by atoms with Crippen molar-refractivity contribution < 1.29 is 29.2 Å². The zero-order chi connectivity index (χ0) is 20.6. The van der Waals surface area contributed by atoms with E-state index in [9.17, 15) is 29.8 Å². The third-order valence-corrected chi connectivity index (χ3v) is 6.07. The Bertz CT molecular complexity index is 897. The molecule has 28 heavy (non-hydrogen) atoms. The van der Waals surface area contributed by atoms with Crippen molar-refractivity contribution in [3.63, 3.8) is 0 Å². The van der Waals surface area contributed by atoms with E-state index in [-0.39, 0.29) is 17.1 Å². The third-order valence-electron chi connectivity index (χ3n) is 4.69. The molecule has 9 nitrogen and oxygen atoms in total. The number of benzene rings is 1. The van der Waals surface area contributed by atoms with E-state index in [0.717, 1.165) is 11.8 Å². The van der Waals surface area contributed by atoms with Crippen molar-refractivity contribution in [1.82, 2.24) is 5.32 Å². The number of carbonyl (C=O) groups excluding carboxylic acids is 2. The lowest BCUT2D eigenvalue weighted by molar-refractivity contribution is -0.805. The Balaban J connectivity index is 1.80. The number of thioether (sulfide) groups is 1. The minimum atomic E-state index is -1.61. The molecule has 1 fully saturated rings. The van der Waals surface area contributed by atoms with Crippen LogP contribution < -0.4 is 11.1 Å². The predicted octanol–water partition coefficient (Wildman–Crippen LogP) is 0.719. The summed E-state index contributed by atoms with van der Waals surface area (Å²) in [6.07, 6.45) is 3.11. The van der Waals surface area contributed by atoms with Gasteiger partial charge in [-0.2, -0.15) is 0 Å². The van der Waals surface area contributed by atoms with Crippen LogP contribution in [0.2, 0.25) is 0 Å². The number of fused-ring (bicyclic) bond motifs is 1. The molecule has 10 heteroatoms. The molecule has 2 heterocycles. The summed E-state index contributed by atoms with van der Waals surface area (Å²) in [5.41, 5.74) is 6.08. The number of hydrogen-bond donors (Lipinski definition) is 4. The first-order valence-electron chi connectivity index (χ1n) is 8.42. The van der Waals surface area contributed by atoms with Gasteiger partial charge in [-0.05, 0) is 24.6 Å². The number of phenolic OH excluding ortho intramolecular Hbond substituents is 1. The van der Waals surface area contributed by atoms with Crippen molar-refractivity contribution in [2.45, 2.75) is 24.4 Å². The number of nitrogens with zero attached hydrogens (tertiary/aromatic N) is 1. The van der Waals surface area contributed by atoms with Crippen LogP contribution in [-0.2, 0) is 14.4 Å². The summed E-state index contributed by atoms with van der Waals surface area (Å²) in [4.78, 5) is 36.6. The molecule has 2 amide bonds. The van der Waals surface area contributed by atoms with Gasteiger partial charge in [-0.3, -0.25) is 4.79 Å². The molecule has 1 unspecified atom stereocenters. The number of aromatic hydroxyl groups is 1. The van der Waals surface area contributed by atoms with Crippen LogP contribution in [0.4, 0.5) is 0 Å². The van der Waals surface area contributed by atoms with E-state index < -0.39 is 45.6 Å². The lowest BCUT2D eigenvalue weighted by Crippen LogP contribution is -2.79. The van der Waals surface area contributed by atoms with Crippen molar-refractivity contribution in [2.24, 2.45) is 5.73 Å². The maximum atomic E-state index is 13.1. The summed E-state index contributed by atoms with van der Waals surface area (Å²) in [6.45, 7) is 1.68. The lowest BCUT2D eigenvalue weighted by atomic mass is 10.00. The largest absolute Gasteiger partial charge is 0.619 e. The number of hydroxylamine groups is 3. The normalized spacial score (nSPS) is 27.9. The lowest BCUT2D eigenvalue weighted by Gasteiger charge is -2.57. The number of nitrogens with one attached hydrogen (secondary N) is 1. The molecular formula is C18H19N3O6S. The second kappa shape index (κ2) is 7.40. The molecule has 2 aliphatic rings. The number of amides is 2. The fourth-order valence-electron chi connectivity index (χ4n) is 3.29. The van der Waals surface area contributed by atoms with Crippen molar-refractivity contribution in [2.75, 3.05) is 5.75 Å². The number of carboxylic acid groups (broad SMARTS) is 1. The van der Waals surface area contributed by atoms with Gasteiger partial charge in [0.05, 0.1) is 0 Å². The Morgan fingerprint density at radius 1 is 1.39 bits per heavy atom. The molecule has 0 spiro atoms.